The zero-order chi connectivity index (χ0) is 45.7. The van der Waals surface area contributed by atoms with Crippen molar-refractivity contribution in [1.29, 1.82) is 0 Å². The molecule has 1 N–H and O–H groups in total. The molecule has 8 nitrogen and oxygen atoms in total. The Hall–Kier alpha value is -0.740. The molecule has 0 unspecified atom stereocenters. The predicted octanol–water partition coefficient (Wildman–Crippen LogP) is 10.9. The fourth-order valence-corrected chi connectivity index (χ4v) is 10.4. The number of rotatable bonds is 7. The van der Waals surface area contributed by atoms with Crippen molar-refractivity contribution in [2.24, 2.45) is 10.8 Å². The Morgan fingerprint density at radius 1 is 0.355 bits per heavy atom. The van der Waals surface area contributed by atoms with Crippen LogP contribution in [0.2, 0.25) is 0 Å². The summed E-state index contributed by atoms with van der Waals surface area (Å²) in [5.74, 6) is 0. The zero-order valence-corrected chi connectivity index (χ0v) is 44.3. The van der Waals surface area contributed by atoms with Gasteiger partial charge in [0.25, 0.3) is 0 Å². The second kappa shape index (κ2) is 29.1. The predicted molar refractivity (Wildman–Crippen MR) is 273 cm³/mol. The van der Waals surface area contributed by atoms with Gasteiger partial charge < -0.3 is 34.7 Å². The van der Waals surface area contributed by atoms with Gasteiger partial charge in [-0.1, -0.05) is 25.3 Å². The summed E-state index contributed by atoms with van der Waals surface area (Å²) in [6.07, 6.45) is 26.2. The Kier molecular flexibility index (Phi) is 26.1. The summed E-state index contributed by atoms with van der Waals surface area (Å²) in [7, 11) is 0. The lowest BCUT2D eigenvalue weighted by molar-refractivity contribution is 0.138. The highest BCUT2D eigenvalue weighted by molar-refractivity contribution is 5.01. The van der Waals surface area contributed by atoms with Crippen LogP contribution >= 0.6 is 0 Å². The van der Waals surface area contributed by atoms with Gasteiger partial charge in [0, 0.05) is 81.7 Å². The highest BCUT2D eigenvalue weighted by Gasteiger charge is 2.47. The van der Waals surface area contributed by atoms with Gasteiger partial charge in [-0.25, -0.2) is 0 Å². The zero-order valence-electron chi connectivity index (χ0n) is 44.3. The van der Waals surface area contributed by atoms with Gasteiger partial charge in [-0.3, -0.25) is 4.90 Å². The first-order valence-electron chi connectivity index (χ1n) is 27.0. The molecule has 0 bridgehead atoms. The van der Waals surface area contributed by atoms with Crippen molar-refractivity contribution in [3.63, 3.8) is 0 Å². The highest BCUT2D eigenvalue weighted by atomic mass is 15.3. The Morgan fingerprint density at radius 3 is 0.984 bits per heavy atom. The van der Waals surface area contributed by atoms with Crippen molar-refractivity contribution in [3.05, 3.63) is 12.3 Å². The molecule has 0 aromatic heterocycles. The van der Waals surface area contributed by atoms with E-state index >= 15 is 0 Å². The molecule has 8 heteroatoms. The third-order valence-corrected chi connectivity index (χ3v) is 15.8. The van der Waals surface area contributed by atoms with Crippen LogP contribution < -0.4 is 5.32 Å². The third kappa shape index (κ3) is 20.8. The van der Waals surface area contributed by atoms with E-state index in [2.05, 4.69) is 149 Å². The molecule has 9 aliphatic rings. The Labute approximate surface area is 388 Å². The highest BCUT2D eigenvalue weighted by Crippen LogP contribution is 2.53. The van der Waals surface area contributed by atoms with Gasteiger partial charge in [0.05, 0.1) is 0 Å². The molecule has 2 aliphatic carbocycles. The first-order chi connectivity index (χ1) is 29.5. The molecule has 0 radical (unpaired) electrons. The van der Waals surface area contributed by atoms with Crippen LogP contribution in [0.1, 0.15) is 193 Å². The average molecular weight is 872 g/mol. The molecule has 6 saturated heterocycles. The number of hydrogen-bond acceptors (Lipinski definition) is 8. The average Bonchev–Trinajstić information content (AvgIpc) is 4.00. The topological polar surface area (TPSA) is 34.7 Å². The Morgan fingerprint density at radius 2 is 0.758 bits per heavy atom. The van der Waals surface area contributed by atoms with Crippen molar-refractivity contribution in [2.75, 3.05) is 91.8 Å². The van der Waals surface area contributed by atoms with E-state index in [9.17, 15) is 0 Å². The minimum absolute atomic E-state index is 0.689. The molecule has 0 amide bonds. The lowest BCUT2D eigenvalue weighted by Crippen LogP contribution is -2.41. The Balaban J connectivity index is 0.000000195. The van der Waals surface area contributed by atoms with E-state index in [4.69, 9.17) is 0 Å². The van der Waals surface area contributed by atoms with Crippen molar-refractivity contribution >= 4 is 0 Å². The fraction of sp³-hybridized carbons (Fsp3) is 0.963. The molecule has 366 valence electrons. The van der Waals surface area contributed by atoms with Gasteiger partial charge >= 0.3 is 0 Å². The van der Waals surface area contributed by atoms with E-state index in [0.29, 0.717) is 12.1 Å². The molecule has 0 aromatic carbocycles. The SMILES string of the molecule is CC(C)N1C=CCC1.CC(C)N1CCC1.CC(C)N1CCC2(CC2)C1.CC(C)N1CCC2(CCCCC2)C1.CC(C)N1CCCC1.CC(C)N1CCCC1.CC(C)N1CCNC1. The molecule has 0 atom stereocenters. The minimum Gasteiger partial charge on any atom is -0.375 e. The van der Waals surface area contributed by atoms with Crippen molar-refractivity contribution in [2.45, 2.75) is 236 Å². The summed E-state index contributed by atoms with van der Waals surface area (Å²) >= 11 is 0. The molecular weight excluding hydrogens is 761 g/mol. The largest absolute Gasteiger partial charge is 0.375 e. The number of nitrogens with zero attached hydrogens (tertiary/aromatic N) is 7. The van der Waals surface area contributed by atoms with Crippen LogP contribution in [0, 0.1) is 10.8 Å². The van der Waals surface area contributed by atoms with Crippen molar-refractivity contribution < 1.29 is 0 Å². The second-order valence-electron chi connectivity index (χ2n) is 22.9. The van der Waals surface area contributed by atoms with Crippen molar-refractivity contribution in [1.82, 2.24) is 39.6 Å². The fourth-order valence-electron chi connectivity index (χ4n) is 10.4. The summed E-state index contributed by atoms with van der Waals surface area (Å²) < 4.78 is 0. The summed E-state index contributed by atoms with van der Waals surface area (Å²) in [6, 6.07) is 5.28. The molecule has 0 aromatic rings. The van der Waals surface area contributed by atoms with E-state index in [1.54, 1.807) is 0 Å². The summed E-state index contributed by atoms with van der Waals surface area (Å²) in [6.45, 7) is 49.9. The first-order valence-corrected chi connectivity index (χ1v) is 27.0. The van der Waals surface area contributed by atoms with Gasteiger partial charge in [-0.05, 0) is 243 Å². The van der Waals surface area contributed by atoms with Gasteiger partial charge in [0.15, 0.2) is 0 Å². The van der Waals surface area contributed by atoms with Crippen LogP contribution in [0.3, 0.4) is 0 Å². The van der Waals surface area contributed by atoms with E-state index in [1.165, 1.54) is 175 Å². The summed E-state index contributed by atoms with van der Waals surface area (Å²) in [5.41, 5.74) is 1.58. The summed E-state index contributed by atoms with van der Waals surface area (Å²) in [5, 5.41) is 3.28. The van der Waals surface area contributed by atoms with E-state index < -0.39 is 0 Å². The number of likely N-dealkylation sites (tertiary alicyclic amines) is 5. The monoisotopic (exact) mass is 871 g/mol. The smallest absolute Gasteiger partial charge is 0.0483 e. The number of nitrogens with one attached hydrogen (secondary N) is 1. The van der Waals surface area contributed by atoms with Crippen LogP contribution in [0.5, 0.6) is 0 Å². The maximum Gasteiger partial charge on any atom is 0.0483 e. The Bertz CT molecular complexity index is 1090. The first kappa shape index (κ1) is 55.6. The van der Waals surface area contributed by atoms with Gasteiger partial charge in [0.1, 0.15) is 0 Å². The molecule has 9 rings (SSSR count). The molecule has 8 fully saturated rings. The summed E-state index contributed by atoms with van der Waals surface area (Å²) in [4.78, 5) is 17.6. The van der Waals surface area contributed by atoms with E-state index in [0.717, 1.165) is 54.3 Å². The molecule has 7 aliphatic heterocycles. The van der Waals surface area contributed by atoms with Gasteiger partial charge in [-0.15, -0.1) is 0 Å². The van der Waals surface area contributed by atoms with Crippen LogP contribution in [-0.4, -0.2) is 168 Å². The van der Waals surface area contributed by atoms with Gasteiger partial charge in [-0.2, -0.15) is 0 Å². The third-order valence-electron chi connectivity index (χ3n) is 15.8. The number of hydrogen-bond donors (Lipinski definition) is 1. The van der Waals surface area contributed by atoms with Crippen LogP contribution in [0.25, 0.3) is 0 Å². The molecule has 7 heterocycles. The van der Waals surface area contributed by atoms with E-state index in [-0.39, 0.29) is 0 Å². The normalized spacial score (nSPS) is 24.8. The lowest BCUT2D eigenvalue weighted by atomic mass is 9.73. The minimum atomic E-state index is 0.689. The maximum atomic E-state index is 3.28. The molecule has 62 heavy (non-hydrogen) atoms. The van der Waals surface area contributed by atoms with Crippen LogP contribution in [0.4, 0.5) is 0 Å². The quantitative estimate of drug-likeness (QED) is 0.271. The van der Waals surface area contributed by atoms with E-state index in [1.807, 2.05) is 0 Å². The maximum absolute atomic E-state index is 3.28. The van der Waals surface area contributed by atoms with Crippen LogP contribution in [-0.2, 0) is 0 Å². The second-order valence-corrected chi connectivity index (χ2v) is 22.9. The molecule has 2 spiro atoms. The molecule has 2 saturated carbocycles. The lowest BCUT2D eigenvalue weighted by Gasteiger charge is -2.34. The van der Waals surface area contributed by atoms with Gasteiger partial charge in [0.2, 0.25) is 0 Å². The van der Waals surface area contributed by atoms with Crippen molar-refractivity contribution in [3.8, 4) is 0 Å². The standard InChI is InChI=1S/C12H23N.C9H17N.2C7H15N.C7H13N.C6H14N2.C6H13N/c1-11(2)13-9-8-12(10-13)6-4-3-5-7-12;1-8(2)10-6-5-9(7-10)3-4-9;3*1-7(2)8-5-3-4-6-8;1-6(2)8-4-3-7-5-8;1-6(2)7-4-3-5-7/h11H,3-10H2,1-2H3;8H,3-7H2,1-2H3;2*7H,3-6H2,1-2H3;3,5,7H,4,6H2,1-2H3;6-7H,3-5H2,1-2H3;6H,3-5H2,1-2H3. The molecular formula is C54H110N8. The van der Waals surface area contributed by atoms with Crippen LogP contribution in [0.15, 0.2) is 12.3 Å².